The van der Waals surface area contributed by atoms with Crippen molar-refractivity contribution in [2.45, 2.75) is 64.5 Å². The molecule has 1 fully saturated rings. The summed E-state index contributed by atoms with van der Waals surface area (Å²) in [7, 11) is 1.65. The van der Waals surface area contributed by atoms with E-state index in [2.05, 4.69) is 0 Å². The van der Waals surface area contributed by atoms with Crippen LogP contribution < -0.4 is 0 Å². The summed E-state index contributed by atoms with van der Waals surface area (Å²) in [4.78, 5) is 13.8. The second-order valence-electron chi connectivity index (χ2n) is 7.73. The molecular formula is C16H28N2O5. The van der Waals surface area contributed by atoms with Crippen molar-refractivity contribution in [1.29, 1.82) is 0 Å². The summed E-state index contributed by atoms with van der Waals surface area (Å²) in [6.07, 6.45) is 1.10. The molecule has 7 heteroatoms. The Morgan fingerprint density at radius 1 is 1.39 bits per heavy atom. The van der Waals surface area contributed by atoms with Crippen molar-refractivity contribution in [3.63, 3.8) is 0 Å². The summed E-state index contributed by atoms with van der Waals surface area (Å²) in [6, 6.07) is 0. The zero-order chi connectivity index (χ0) is 17.6. The summed E-state index contributed by atoms with van der Waals surface area (Å²) >= 11 is 0. The first-order valence-corrected chi connectivity index (χ1v) is 7.82. The molecule has 0 aliphatic carbocycles. The van der Waals surface area contributed by atoms with Gasteiger partial charge in [0.1, 0.15) is 11.9 Å². The molecule has 1 unspecified atom stereocenters. The molecule has 0 aromatic carbocycles. The second kappa shape index (κ2) is 5.73. The zero-order valence-electron chi connectivity index (χ0n) is 15.0. The Labute approximate surface area is 137 Å². The molecule has 23 heavy (non-hydrogen) atoms. The molecule has 0 spiro atoms. The topological polar surface area (TPSA) is 71.5 Å². The van der Waals surface area contributed by atoms with E-state index in [1.807, 2.05) is 27.7 Å². The van der Waals surface area contributed by atoms with Gasteiger partial charge in [-0.05, 0) is 47.6 Å². The number of nitrogens with zero attached hydrogens (tertiary/aromatic N) is 2. The Bertz CT molecular complexity index is 513. The van der Waals surface area contributed by atoms with E-state index in [0.717, 1.165) is 0 Å². The molecule has 0 aromatic rings. The van der Waals surface area contributed by atoms with Gasteiger partial charge in [-0.15, -0.1) is 0 Å². The average Bonchev–Trinajstić information content (AvgIpc) is 2.81. The maximum Gasteiger partial charge on any atom is 0.414 e. The highest BCUT2D eigenvalue weighted by molar-refractivity contribution is 5.69. The van der Waals surface area contributed by atoms with Crippen LogP contribution in [-0.4, -0.2) is 64.4 Å². The zero-order valence-corrected chi connectivity index (χ0v) is 15.0. The van der Waals surface area contributed by atoms with Gasteiger partial charge in [-0.1, -0.05) is 0 Å². The maximum atomic E-state index is 12.3. The van der Waals surface area contributed by atoms with Crippen molar-refractivity contribution < 1.29 is 24.2 Å². The highest BCUT2D eigenvalue weighted by atomic mass is 16.7. The first-order chi connectivity index (χ1) is 10.3. The molecule has 2 heterocycles. The smallest absolute Gasteiger partial charge is 0.413 e. The molecular weight excluding hydrogens is 300 g/mol. The van der Waals surface area contributed by atoms with E-state index in [-0.39, 0.29) is 6.10 Å². The minimum atomic E-state index is -0.769. The van der Waals surface area contributed by atoms with Crippen LogP contribution in [0.4, 0.5) is 4.79 Å². The van der Waals surface area contributed by atoms with E-state index in [4.69, 9.17) is 14.2 Å². The third-order valence-electron chi connectivity index (χ3n) is 4.22. The van der Waals surface area contributed by atoms with Crippen molar-refractivity contribution in [3.8, 4) is 0 Å². The van der Waals surface area contributed by atoms with Crippen LogP contribution in [0.2, 0.25) is 0 Å². The van der Waals surface area contributed by atoms with Gasteiger partial charge in [-0.3, -0.25) is 0 Å². The lowest BCUT2D eigenvalue weighted by molar-refractivity contribution is -0.190. The lowest BCUT2D eigenvalue weighted by Gasteiger charge is -2.35. The van der Waals surface area contributed by atoms with Crippen molar-refractivity contribution in [2.24, 2.45) is 0 Å². The molecule has 0 bridgehead atoms. The number of amides is 1. The Morgan fingerprint density at radius 3 is 2.43 bits per heavy atom. The van der Waals surface area contributed by atoms with Gasteiger partial charge in [-0.2, -0.15) is 5.06 Å². The van der Waals surface area contributed by atoms with Crippen LogP contribution in [0.25, 0.3) is 0 Å². The first kappa shape index (κ1) is 18.2. The Balaban J connectivity index is 1.97. The molecule has 1 N–H and O–H groups in total. The van der Waals surface area contributed by atoms with Crippen molar-refractivity contribution in [3.05, 3.63) is 11.8 Å². The maximum absolute atomic E-state index is 12.3. The van der Waals surface area contributed by atoms with Gasteiger partial charge in [0.05, 0.1) is 24.2 Å². The van der Waals surface area contributed by atoms with Gasteiger partial charge in [0.2, 0.25) is 0 Å². The summed E-state index contributed by atoms with van der Waals surface area (Å²) in [6.45, 7) is 11.8. The molecule has 132 valence electrons. The molecule has 2 aliphatic rings. The number of hydrogen-bond acceptors (Lipinski definition) is 6. The Morgan fingerprint density at radius 2 is 2.00 bits per heavy atom. The number of hydrogen-bond donors (Lipinski definition) is 1. The lowest BCUT2D eigenvalue weighted by Crippen LogP contribution is -2.48. The summed E-state index contributed by atoms with van der Waals surface area (Å²) in [5.41, 5.74) is -1.36. The van der Waals surface area contributed by atoms with Crippen molar-refractivity contribution >= 4 is 6.09 Å². The van der Waals surface area contributed by atoms with Crippen LogP contribution in [0.5, 0.6) is 0 Å². The molecule has 2 rings (SSSR count). The number of ether oxygens (including phenoxy) is 3. The SMILES string of the molecule is CN(CC1COC(C)(C)O1)C(=O)OC1=CC(C)(C)N(O)C1(C)C. The summed E-state index contributed by atoms with van der Waals surface area (Å²) < 4.78 is 16.7. The van der Waals surface area contributed by atoms with Gasteiger partial charge in [0, 0.05) is 7.05 Å². The molecule has 1 amide bonds. The van der Waals surface area contributed by atoms with Crippen molar-refractivity contribution in [2.75, 3.05) is 20.2 Å². The lowest BCUT2D eigenvalue weighted by atomic mass is 10.1. The Hall–Kier alpha value is -1.15. The standard InChI is InChI=1S/C16H28N2O5/c1-14(2)8-12(15(3,4)18(14)20)22-13(19)17(7)9-11-10-21-16(5,6)23-11/h8,11,20H,9-10H2,1-7H3. The number of carbonyl (C=O) groups is 1. The average molecular weight is 328 g/mol. The minimum Gasteiger partial charge on any atom is -0.413 e. The highest BCUT2D eigenvalue weighted by Crippen LogP contribution is 2.38. The van der Waals surface area contributed by atoms with E-state index in [9.17, 15) is 10.0 Å². The third-order valence-corrected chi connectivity index (χ3v) is 4.22. The van der Waals surface area contributed by atoms with Gasteiger partial charge in [0.25, 0.3) is 0 Å². The molecule has 7 nitrogen and oxygen atoms in total. The van der Waals surface area contributed by atoms with Gasteiger partial charge < -0.3 is 24.3 Å². The van der Waals surface area contributed by atoms with Gasteiger partial charge in [0.15, 0.2) is 5.79 Å². The predicted molar refractivity (Wildman–Crippen MR) is 83.9 cm³/mol. The van der Waals surface area contributed by atoms with Crippen LogP contribution in [-0.2, 0) is 14.2 Å². The van der Waals surface area contributed by atoms with E-state index in [0.29, 0.717) is 18.9 Å². The predicted octanol–water partition coefficient (Wildman–Crippen LogP) is 2.35. The number of rotatable bonds is 3. The van der Waals surface area contributed by atoms with E-state index in [1.54, 1.807) is 27.0 Å². The molecule has 1 atom stereocenters. The van der Waals surface area contributed by atoms with E-state index >= 15 is 0 Å². The molecule has 1 saturated heterocycles. The second-order valence-corrected chi connectivity index (χ2v) is 7.73. The van der Waals surface area contributed by atoms with Crippen LogP contribution in [0.3, 0.4) is 0 Å². The minimum absolute atomic E-state index is 0.182. The summed E-state index contributed by atoms with van der Waals surface area (Å²) in [5, 5.41) is 11.4. The van der Waals surface area contributed by atoms with Crippen LogP contribution in [0.15, 0.2) is 11.8 Å². The van der Waals surface area contributed by atoms with Gasteiger partial charge in [-0.25, -0.2) is 4.79 Å². The Kier molecular flexibility index (Phi) is 4.54. The van der Waals surface area contributed by atoms with E-state index in [1.165, 1.54) is 9.96 Å². The third kappa shape index (κ3) is 3.68. The van der Waals surface area contributed by atoms with Crippen molar-refractivity contribution in [1.82, 2.24) is 9.96 Å². The number of carbonyl (C=O) groups excluding carboxylic acids is 1. The molecule has 2 aliphatic heterocycles. The molecule has 0 aromatic heterocycles. The fourth-order valence-corrected chi connectivity index (χ4v) is 2.94. The van der Waals surface area contributed by atoms with Crippen LogP contribution >= 0.6 is 0 Å². The quantitative estimate of drug-likeness (QED) is 0.857. The van der Waals surface area contributed by atoms with Gasteiger partial charge >= 0.3 is 6.09 Å². The monoisotopic (exact) mass is 328 g/mol. The fraction of sp³-hybridized carbons (Fsp3) is 0.812. The van der Waals surface area contributed by atoms with Crippen LogP contribution in [0, 0.1) is 0 Å². The first-order valence-electron chi connectivity index (χ1n) is 7.82. The summed E-state index contributed by atoms with van der Waals surface area (Å²) in [5.74, 6) is -0.182. The molecule has 0 saturated carbocycles. The largest absolute Gasteiger partial charge is 0.414 e. The van der Waals surface area contributed by atoms with Crippen LogP contribution in [0.1, 0.15) is 41.5 Å². The number of likely N-dealkylation sites (N-methyl/N-ethyl adjacent to an activating group) is 1. The molecule has 0 radical (unpaired) electrons. The number of hydroxylamine groups is 2. The fourth-order valence-electron chi connectivity index (χ4n) is 2.94. The normalized spacial score (nSPS) is 28.5. The van der Waals surface area contributed by atoms with E-state index < -0.39 is 23.0 Å². The highest BCUT2D eigenvalue weighted by Gasteiger charge is 2.47.